The zero-order valence-corrected chi connectivity index (χ0v) is 10.5. The van der Waals surface area contributed by atoms with Gasteiger partial charge in [-0.15, -0.1) is 0 Å². The summed E-state index contributed by atoms with van der Waals surface area (Å²) in [7, 11) is 0. The van der Waals surface area contributed by atoms with Crippen LogP contribution in [0.4, 0.5) is 0 Å². The SMILES string of the molecule is O=C1CCC2Oc3ccc(CBr)cc3CC12. The normalized spacial score (nSPS) is 27.2. The van der Waals surface area contributed by atoms with Crippen LogP contribution in [0.5, 0.6) is 5.75 Å². The van der Waals surface area contributed by atoms with E-state index in [1.165, 1.54) is 11.1 Å². The average Bonchev–Trinajstić information content (AvgIpc) is 2.67. The van der Waals surface area contributed by atoms with Gasteiger partial charge in [-0.1, -0.05) is 28.1 Å². The second kappa shape index (κ2) is 3.88. The number of hydrogen-bond donors (Lipinski definition) is 0. The number of carbonyl (C=O) groups is 1. The molecule has 0 saturated heterocycles. The summed E-state index contributed by atoms with van der Waals surface area (Å²) in [5.41, 5.74) is 2.43. The summed E-state index contributed by atoms with van der Waals surface area (Å²) in [4.78, 5) is 11.7. The van der Waals surface area contributed by atoms with Crippen molar-refractivity contribution in [2.24, 2.45) is 5.92 Å². The minimum Gasteiger partial charge on any atom is -0.489 e. The standard InChI is InChI=1S/C13H13BrO2/c14-7-8-1-3-12-9(5-8)6-10-11(15)2-4-13(10)16-12/h1,3,5,10,13H,2,4,6-7H2. The first-order valence-electron chi connectivity index (χ1n) is 5.65. The van der Waals surface area contributed by atoms with Gasteiger partial charge in [0.05, 0.1) is 5.92 Å². The van der Waals surface area contributed by atoms with E-state index in [4.69, 9.17) is 4.74 Å². The molecule has 1 aromatic carbocycles. The van der Waals surface area contributed by atoms with Crippen LogP contribution in [0.2, 0.25) is 0 Å². The number of ketones is 1. The first kappa shape index (κ1) is 10.3. The van der Waals surface area contributed by atoms with E-state index < -0.39 is 0 Å². The van der Waals surface area contributed by atoms with Gasteiger partial charge in [0.15, 0.2) is 0 Å². The van der Waals surface area contributed by atoms with Gasteiger partial charge in [-0.3, -0.25) is 4.79 Å². The van der Waals surface area contributed by atoms with Crippen LogP contribution in [0, 0.1) is 5.92 Å². The van der Waals surface area contributed by atoms with Crippen molar-refractivity contribution >= 4 is 21.7 Å². The van der Waals surface area contributed by atoms with Crippen molar-refractivity contribution in [1.82, 2.24) is 0 Å². The van der Waals surface area contributed by atoms with Crippen LogP contribution in [0.1, 0.15) is 24.0 Å². The third-order valence-electron chi connectivity index (χ3n) is 3.53. The number of rotatable bonds is 1. The van der Waals surface area contributed by atoms with E-state index in [2.05, 4.69) is 28.1 Å². The number of ether oxygens (including phenoxy) is 1. The summed E-state index contributed by atoms with van der Waals surface area (Å²) in [5, 5.41) is 0.850. The molecule has 1 aromatic rings. The highest BCUT2D eigenvalue weighted by Gasteiger charge is 2.39. The molecule has 2 unspecified atom stereocenters. The fourth-order valence-electron chi connectivity index (χ4n) is 2.66. The molecule has 1 aliphatic carbocycles. The minimum atomic E-state index is 0.109. The van der Waals surface area contributed by atoms with E-state index in [9.17, 15) is 4.79 Å². The molecule has 16 heavy (non-hydrogen) atoms. The molecule has 84 valence electrons. The van der Waals surface area contributed by atoms with Crippen LogP contribution >= 0.6 is 15.9 Å². The molecular weight excluding hydrogens is 268 g/mol. The predicted molar refractivity (Wildman–Crippen MR) is 64.9 cm³/mol. The molecule has 1 heterocycles. The molecular formula is C13H13BrO2. The van der Waals surface area contributed by atoms with Crippen molar-refractivity contribution in [2.45, 2.75) is 30.7 Å². The van der Waals surface area contributed by atoms with Gasteiger partial charge >= 0.3 is 0 Å². The maximum Gasteiger partial charge on any atom is 0.140 e. The summed E-state index contributed by atoms with van der Waals surface area (Å²) in [5.74, 6) is 1.46. The third kappa shape index (κ3) is 1.58. The Labute approximate surface area is 103 Å². The maximum absolute atomic E-state index is 11.7. The summed E-state index contributed by atoms with van der Waals surface area (Å²) in [6.45, 7) is 0. The molecule has 3 heteroatoms. The second-order valence-corrected chi connectivity index (χ2v) is 5.11. The summed E-state index contributed by atoms with van der Waals surface area (Å²) < 4.78 is 5.89. The lowest BCUT2D eigenvalue weighted by molar-refractivity contribution is -0.122. The number of fused-ring (bicyclic) bond motifs is 2. The van der Waals surface area contributed by atoms with Crippen molar-refractivity contribution in [3.8, 4) is 5.75 Å². The van der Waals surface area contributed by atoms with Crippen molar-refractivity contribution in [1.29, 1.82) is 0 Å². The quantitative estimate of drug-likeness (QED) is 0.740. The monoisotopic (exact) mass is 280 g/mol. The summed E-state index contributed by atoms with van der Waals surface area (Å²) in [6.07, 6.45) is 2.58. The van der Waals surface area contributed by atoms with Crippen LogP contribution < -0.4 is 4.74 Å². The highest BCUT2D eigenvalue weighted by Crippen LogP contribution is 2.38. The smallest absolute Gasteiger partial charge is 0.140 e. The topological polar surface area (TPSA) is 26.3 Å². The molecule has 3 rings (SSSR count). The lowest BCUT2D eigenvalue weighted by Crippen LogP contribution is -2.31. The van der Waals surface area contributed by atoms with E-state index in [-0.39, 0.29) is 12.0 Å². The molecule has 0 aromatic heterocycles. The fraction of sp³-hybridized carbons (Fsp3) is 0.462. The molecule has 0 bridgehead atoms. The third-order valence-corrected chi connectivity index (χ3v) is 4.18. The van der Waals surface area contributed by atoms with Gasteiger partial charge in [0.2, 0.25) is 0 Å². The van der Waals surface area contributed by atoms with Gasteiger partial charge < -0.3 is 4.74 Å². The number of Topliss-reactive ketones (excluding diaryl/α,β-unsaturated/α-hetero) is 1. The molecule has 1 fully saturated rings. The second-order valence-electron chi connectivity index (χ2n) is 4.55. The van der Waals surface area contributed by atoms with Crippen LogP contribution in [0.25, 0.3) is 0 Å². The molecule has 2 aliphatic rings. The summed E-state index contributed by atoms with van der Waals surface area (Å²) in [6, 6.07) is 6.25. The van der Waals surface area contributed by atoms with Crippen LogP contribution in [-0.4, -0.2) is 11.9 Å². The van der Waals surface area contributed by atoms with Gasteiger partial charge in [0.25, 0.3) is 0 Å². The Hall–Kier alpha value is -0.830. The van der Waals surface area contributed by atoms with Crippen LogP contribution in [-0.2, 0) is 16.5 Å². The highest BCUT2D eigenvalue weighted by atomic mass is 79.9. The number of carbonyl (C=O) groups excluding carboxylic acids is 1. The lowest BCUT2D eigenvalue weighted by Gasteiger charge is -2.28. The van der Waals surface area contributed by atoms with Crippen LogP contribution in [0.15, 0.2) is 18.2 Å². The van der Waals surface area contributed by atoms with Crippen molar-refractivity contribution in [2.75, 3.05) is 0 Å². The van der Waals surface area contributed by atoms with Gasteiger partial charge in [-0.05, 0) is 30.0 Å². The first-order chi connectivity index (χ1) is 7.78. The van der Waals surface area contributed by atoms with Gasteiger partial charge in [-0.25, -0.2) is 0 Å². The first-order valence-corrected chi connectivity index (χ1v) is 6.77. The molecule has 1 saturated carbocycles. The predicted octanol–water partition coefficient (Wildman–Crippen LogP) is 2.86. The zero-order chi connectivity index (χ0) is 11.1. The number of benzene rings is 1. The molecule has 2 nitrogen and oxygen atoms in total. The van der Waals surface area contributed by atoms with Crippen LogP contribution in [0.3, 0.4) is 0 Å². The Bertz CT molecular complexity index is 442. The lowest BCUT2D eigenvalue weighted by atomic mass is 9.91. The largest absolute Gasteiger partial charge is 0.489 e. The Morgan fingerprint density at radius 3 is 3.12 bits per heavy atom. The molecule has 2 atom stereocenters. The number of halogens is 1. The minimum absolute atomic E-state index is 0.109. The van der Waals surface area contributed by atoms with Crippen molar-refractivity contribution < 1.29 is 9.53 Å². The molecule has 0 radical (unpaired) electrons. The maximum atomic E-state index is 11.7. The average molecular weight is 281 g/mol. The Balaban J connectivity index is 1.96. The van der Waals surface area contributed by atoms with Crippen molar-refractivity contribution in [3.05, 3.63) is 29.3 Å². The van der Waals surface area contributed by atoms with E-state index in [1.807, 2.05) is 6.07 Å². The molecule has 0 amide bonds. The van der Waals surface area contributed by atoms with Crippen molar-refractivity contribution in [3.63, 3.8) is 0 Å². The Morgan fingerprint density at radius 1 is 1.44 bits per heavy atom. The molecule has 0 N–H and O–H groups in total. The van der Waals surface area contributed by atoms with E-state index in [0.29, 0.717) is 12.2 Å². The van der Waals surface area contributed by atoms with Gasteiger partial charge in [0, 0.05) is 11.8 Å². The summed E-state index contributed by atoms with van der Waals surface area (Å²) >= 11 is 3.45. The molecule has 1 aliphatic heterocycles. The van der Waals surface area contributed by atoms with E-state index >= 15 is 0 Å². The molecule has 0 spiro atoms. The van der Waals surface area contributed by atoms with Gasteiger partial charge in [-0.2, -0.15) is 0 Å². The number of hydrogen-bond acceptors (Lipinski definition) is 2. The van der Waals surface area contributed by atoms with Gasteiger partial charge in [0.1, 0.15) is 17.6 Å². The van der Waals surface area contributed by atoms with E-state index in [0.717, 1.165) is 23.9 Å². The fourth-order valence-corrected chi connectivity index (χ4v) is 3.00. The Morgan fingerprint density at radius 2 is 2.31 bits per heavy atom. The zero-order valence-electron chi connectivity index (χ0n) is 8.91. The Kier molecular flexibility index (Phi) is 2.51. The highest BCUT2D eigenvalue weighted by molar-refractivity contribution is 9.08. The van der Waals surface area contributed by atoms with E-state index in [1.54, 1.807) is 0 Å². The number of alkyl halides is 1.